The van der Waals surface area contributed by atoms with Gasteiger partial charge in [-0.2, -0.15) is 0 Å². The molecule has 120 valence electrons. The molecule has 0 fully saturated rings. The number of methoxy groups -OCH3 is 3. The summed E-state index contributed by atoms with van der Waals surface area (Å²) < 4.78 is 15.7. The summed E-state index contributed by atoms with van der Waals surface area (Å²) in [6.45, 7) is 5.86. The molecule has 0 atom stereocenters. The van der Waals surface area contributed by atoms with Crippen molar-refractivity contribution in [3.05, 3.63) is 33.8 Å². The molecule has 0 bridgehead atoms. The first-order valence-electron chi connectivity index (χ1n) is 6.87. The summed E-state index contributed by atoms with van der Waals surface area (Å²) in [7, 11) is 4.54. The Balaban J connectivity index is 0.00000116. The molecule has 0 spiro atoms. The van der Waals surface area contributed by atoms with E-state index in [1.807, 2.05) is 20.8 Å². The molecule has 0 aliphatic carbocycles. The van der Waals surface area contributed by atoms with Crippen LogP contribution >= 0.6 is 11.3 Å². The van der Waals surface area contributed by atoms with Crippen molar-refractivity contribution in [3.8, 4) is 17.2 Å². The number of carbonyl (C=O) groups excluding carboxylic acids is 1. The van der Waals surface area contributed by atoms with Crippen molar-refractivity contribution >= 4 is 17.1 Å². The summed E-state index contributed by atoms with van der Waals surface area (Å²) in [5.41, 5.74) is 0.867. The van der Waals surface area contributed by atoms with Crippen molar-refractivity contribution in [3.63, 3.8) is 0 Å². The Bertz CT molecular complexity index is 612. The second-order valence-corrected chi connectivity index (χ2v) is 5.06. The number of thiazole rings is 1. The van der Waals surface area contributed by atoms with E-state index in [0.717, 1.165) is 5.01 Å². The number of ketones is 1. The zero-order valence-corrected chi connectivity index (χ0v) is 14.5. The van der Waals surface area contributed by atoms with Crippen molar-refractivity contribution < 1.29 is 19.0 Å². The van der Waals surface area contributed by atoms with Crippen LogP contribution in [0, 0.1) is 6.92 Å². The van der Waals surface area contributed by atoms with Crippen LogP contribution in [0.25, 0.3) is 0 Å². The normalized spacial score (nSPS) is 9.55. The Labute approximate surface area is 134 Å². The number of rotatable bonds is 5. The molecule has 1 aromatic heterocycles. The molecule has 0 unspecified atom stereocenters. The third kappa shape index (κ3) is 3.76. The van der Waals surface area contributed by atoms with Gasteiger partial charge in [0.25, 0.3) is 0 Å². The summed E-state index contributed by atoms with van der Waals surface area (Å²) in [5.74, 6) is 1.18. The first kappa shape index (κ1) is 18.0. The molecular weight excluding hydrogens is 302 g/mol. The Morgan fingerprint density at radius 2 is 1.59 bits per heavy atom. The minimum absolute atomic E-state index is 0.173. The van der Waals surface area contributed by atoms with E-state index in [1.54, 1.807) is 17.5 Å². The molecule has 0 aliphatic rings. The molecule has 0 saturated carbocycles. The monoisotopic (exact) mass is 323 g/mol. The van der Waals surface area contributed by atoms with E-state index in [9.17, 15) is 4.79 Å². The van der Waals surface area contributed by atoms with Gasteiger partial charge in [0.15, 0.2) is 11.5 Å². The zero-order chi connectivity index (χ0) is 16.7. The van der Waals surface area contributed by atoms with E-state index in [0.29, 0.717) is 28.5 Å². The van der Waals surface area contributed by atoms with E-state index in [2.05, 4.69) is 4.98 Å². The predicted octanol–water partition coefficient (Wildman–Crippen LogP) is 3.73. The van der Waals surface area contributed by atoms with Gasteiger partial charge in [-0.3, -0.25) is 4.79 Å². The van der Waals surface area contributed by atoms with Gasteiger partial charge in [-0.25, -0.2) is 4.98 Å². The van der Waals surface area contributed by atoms with Crippen LogP contribution < -0.4 is 14.2 Å². The lowest BCUT2D eigenvalue weighted by Crippen LogP contribution is -2.04. The third-order valence-corrected chi connectivity index (χ3v) is 3.55. The summed E-state index contributed by atoms with van der Waals surface area (Å²) in [5, 5.41) is 2.58. The SMILES string of the molecule is CC.COc1cc(C(=O)c2csc(C)n2)cc(OC)c1OC. The largest absolute Gasteiger partial charge is 0.493 e. The molecule has 22 heavy (non-hydrogen) atoms. The summed E-state index contributed by atoms with van der Waals surface area (Å²) in [4.78, 5) is 16.6. The van der Waals surface area contributed by atoms with E-state index < -0.39 is 0 Å². The lowest BCUT2D eigenvalue weighted by molar-refractivity contribution is 0.103. The van der Waals surface area contributed by atoms with Crippen molar-refractivity contribution in [2.45, 2.75) is 20.8 Å². The van der Waals surface area contributed by atoms with Crippen molar-refractivity contribution in [2.75, 3.05) is 21.3 Å². The highest BCUT2D eigenvalue weighted by molar-refractivity contribution is 7.09. The van der Waals surface area contributed by atoms with Crippen LogP contribution in [-0.2, 0) is 0 Å². The third-order valence-electron chi connectivity index (χ3n) is 2.78. The van der Waals surface area contributed by atoms with E-state index >= 15 is 0 Å². The first-order valence-corrected chi connectivity index (χ1v) is 7.75. The van der Waals surface area contributed by atoms with Gasteiger partial charge in [0, 0.05) is 10.9 Å². The number of aromatic nitrogens is 1. The maximum Gasteiger partial charge on any atom is 0.212 e. The highest BCUT2D eigenvalue weighted by Gasteiger charge is 2.19. The van der Waals surface area contributed by atoms with Gasteiger partial charge in [-0.1, -0.05) is 13.8 Å². The molecule has 0 N–H and O–H groups in total. The van der Waals surface area contributed by atoms with Crippen LogP contribution in [0.2, 0.25) is 0 Å². The molecule has 1 aromatic carbocycles. The fourth-order valence-corrected chi connectivity index (χ4v) is 2.42. The first-order chi connectivity index (χ1) is 10.6. The van der Waals surface area contributed by atoms with Crippen LogP contribution in [0.5, 0.6) is 17.2 Å². The van der Waals surface area contributed by atoms with Gasteiger partial charge in [-0.05, 0) is 19.1 Å². The molecule has 6 heteroatoms. The van der Waals surface area contributed by atoms with Crippen molar-refractivity contribution in [1.82, 2.24) is 4.98 Å². The van der Waals surface area contributed by atoms with Crippen molar-refractivity contribution in [1.29, 1.82) is 0 Å². The van der Waals surface area contributed by atoms with Crippen LogP contribution in [0.15, 0.2) is 17.5 Å². The molecule has 1 heterocycles. The van der Waals surface area contributed by atoms with Crippen LogP contribution in [0.3, 0.4) is 0 Å². The maximum absolute atomic E-state index is 12.4. The Morgan fingerprint density at radius 1 is 1.05 bits per heavy atom. The average molecular weight is 323 g/mol. The molecule has 0 amide bonds. The molecular formula is C16H21NO4S. The maximum atomic E-state index is 12.4. The highest BCUT2D eigenvalue weighted by atomic mass is 32.1. The number of ether oxygens (including phenoxy) is 3. The number of aryl methyl sites for hydroxylation is 1. The molecule has 0 radical (unpaired) electrons. The average Bonchev–Trinajstić information content (AvgIpc) is 3.00. The van der Waals surface area contributed by atoms with E-state index in [1.165, 1.54) is 32.7 Å². The summed E-state index contributed by atoms with van der Waals surface area (Å²) in [6, 6.07) is 3.25. The lowest BCUT2D eigenvalue weighted by Gasteiger charge is -2.13. The van der Waals surface area contributed by atoms with Crippen LogP contribution in [0.1, 0.15) is 34.9 Å². The fraction of sp³-hybridized carbons (Fsp3) is 0.375. The number of benzene rings is 1. The molecule has 5 nitrogen and oxygen atoms in total. The molecule has 2 aromatic rings. The second kappa shape index (κ2) is 8.38. The number of nitrogens with zero attached hydrogens (tertiary/aromatic N) is 1. The second-order valence-electron chi connectivity index (χ2n) is 3.99. The minimum Gasteiger partial charge on any atom is -0.493 e. The summed E-state index contributed by atoms with van der Waals surface area (Å²) in [6.07, 6.45) is 0. The molecule has 0 aliphatic heterocycles. The van der Waals surface area contributed by atoms with Crippen LogP contribution in [-0.4, -0.2) is 32.1 Å². The minimum atomic E-state index is -0.173. The highest BCUT2D eigenvalue weighted by Crippen LogP contribution is 2.38. The van der Waals surface area contributed by atoms with Crippen molar-refractivity contribution in [2.24, 2.45) is 0 Å². The summed E-state index contributed by atoms with van der Waals surface area (Å²) >= 11 is 1.44. The van der Waals surface area contributed by atoms with E-state index in [-0.39, 0.29) is 5.78 Å². The van der Waals surface area contributed by atoms with Gasteiger partial charge in [0.2, 0.25) is 11.5 Å². The Hall–Kier alpha value is -2.08. The van der Waals surface area contributed by atoms with Gasteiger partial charge < -0.3 is 14.2 Å². The lowest BCUT2D eigenvalue weighted by atomic mass is 10.1. The Kier molecular flexibility index (Phi) is 6.85. The van der Waals surface area contributed by atoms with Crippen LogP contribution in [0.4, 0.5) is 0 Å². The fourth-order valence-electron chi connectivity index (χ4n) is 1.83. The predicted molar refractivity (Wildman–Crippen MR) is 87.7 cm³/mol. The Morgan fingerprint density at radius 3 is 1.95 bits per heavy atom. The standard InChI is InChI=1S/C14H15NO4S.C2H6/c1-8-15-10(7-20-8)13(16)9-5-11(17-2)14(19-4)12(6-9)18-3;1-2/h5-7H,1-4H3;1-2H3. The topological polar surface area (TPSA) is 57.7 Å². The van der Waals surface area contributed by atoms with E-state index in [4.69, 9.17) is 14.2 Å². The number of hydrogen-bond donors (Lipinski definition) is 0. The molecule has 0 saturated heterocycles. The zero-order valence-electron chi connectivity index (χ0n) is 13.7. The van der Waals surface area contributed by atoms with Gasteiger partial charge in [-0.15, -0.1) is 11.3 Å². The van der Waals surface area contributed by atoms with Gasteiger partial charge >= 0.3 is 0 Å². The number of carbonyl (C=O) groups is 1. The van der Waals surface area contributed by atoms with Gasteiger partial charge in [0.05, 0.1) is 26.3 Å². The van der Waals surface area contributed by atoms with Gasteiger partial charge in [0.1, 0.15) is 5.69 Å². The number of hydrogen-bond acceptors (Lipinski definition) is 6. The molecule has 2 rings (SSSR count). The quantitative estimate of drug-likeness (QED) is 0.785. The smallest absolute Gasteiger partial charge is 0.212 e.